The molecule has 30 heavy (non-hydrogen) atoms. The molecule has 1 aliphatic rings. The van der Waals surface area contributed by atoms with Gasteiger partial charge in [-0.1, -0.05) is 0 Å². The summed E-state index contributed by atoms with van der Waals surface area (Å²) in [5.74, 6) is 1.47. The molecule has 8 heteroatoms. The van der Waals surface area contributed by atoms with Crippen LogP contribution >= 0.6 is 0 Å². The predicted octanol–water partition coefficient (Wildman–Crippen LogP) is 2.97. The lowest BCUT2D eigenvalue weighted by Gasteiger charge is -2.36. The average molecular weight is 429 g/mol. The second kappa shape index (κ2) is 14.5. The molecule has 0 unspecified atom stereocenters. The van der Waals surface area contributed by atoms with Crippen molar-refractivity contribution in [2.24, 2.45) is 10.9 Å². The maximum Gasteiger partial charge on any atom is 0.410 e. The topological polar surface area (TPSA) is 75.6 Å². The third-order valence-corrected chi connectivity index (χ3v) is 4.90. The summed E-state index contributed by atoms with van der Waals surface area (Å²) in [7, 11) is 1.68. The summed E-state index contributed by atoms with van der Waals surface area (Å²) in [4.78, 5) is 21.3. The number of guanidine groups is 1. The quantitative estimate of drug-likeness (QED) is 0.310. The van der Waals surface area contributed by atoms with E-state index in [-0.39, 0.29) is 6.09 Å². The molecule has 1 fully saturated rings. The van der Waals surface area contributed by atoms with E-state index in [1.54, 1.807) is 7.11 Å². The number of methoxy groups -OCH3 is 1. The zero-order valence-corrected chi connectivity index (χ0v) is 20.0. The first-order valence-corrected chi connectivity index (χ1v) is 11.4. The lowest BCUT2D eigenvalue weighted by Crippen LogP contribution is -2.48. The molecule has 176 valence electrons. The highest BCUT2D eigenvalue weighted by Gasteiger charge is 2.27. The normalized spacial score (nSPS) is 15.9. The van der Waals surface area contributed by atoms with Crippen molar-refractivity contribution in [3.8, 4) is 0 Å². The van der Waals surface area contributed by atoms with Crippen LogP contribution in [0.1, 0.15) is 53.9 Å². The van der Waals surface area contributed by atoms with Crippen molar-refractivity contribution >= 4 is 12.1 Å². The second-order valence-electron chi connectivity index (χ2n) is 8.64. The number of nitrogens with zero attached hydrogens (tertiary/aromatic N) is 3. The molecular formula is C22H44N4O4. The predicted molar refractivity (Wildman–Crippen MR) is 121 cm³/mol. The molecule has 1 rings (SSSR count). The Kier molecular flexibility index (Phi) is 12.8. The molecule has 1 amide bonds. The zero-order chi connectivity index (χ0) is 22.4. The average Bonchev–Trinajstić information content (AvgIpc) is 2.69. The van der Waals surface area contributed by atoms with Gasteiger partial charge in [0.1, 0.15) is 5.60 Å². The van der Waals surface area contributed by atoms with Gasteiger partial charge in [-0.3, -0.25) is 4.99 Å². The largest absolute Gasteiger partial charge is 0.444 e. The smallest absolute Gasteiger partial charge is 0.410 e. The van der Waals surface area contributed by atoms with E-state index in [0.717, 1.165) is 57.9 Å². The highest BCUT2D eigenvalue weighted by atomic mass is 16.6. The molecule has 1 N–H and O–H groups in total. The Hall–Kier alpha value is -1.54. The summed E-state index contributed by atoms with van der Waals surface area (Å²) >= 11 is 0. The van der Waals surface area contributed by atoms with Gasteiger partial charge in [0.2, 0.25) is 0 Å². The summed E-state index contributed by atoms with van der Waals surface area (Å²) < 4.78 is 16.0. The Morgan fingerprint density at radius 1 is 1.17 bits per heavy atom. The highest BCUT2D eigenvalue weighted by molar-refractivity contribution is 5.80. The van der Waals surface area contributed by atoms with E-state index in [9.17, 15) is 4.79 Å². The Morgan fingerprint density at radius 2 is 1.87 bits per heavy atom. The first-order chi connectivity index (χ1) is 14.3. The molecule has 1 heterocycles. The van der Waals surface area contributed by atoms with E-state index in [1.165, 1.54) is 0 Å². The van der Waals surface area contributed by atoms with Crippen LogP contribution < -0.4 is 5.32 Å². The molecule has 0 spiro atoms. The fourth-order valence-electron chi connectivity index (χ4n) is 3.32. The van der Waals surface area contributed by atoms with Gasteiger partial charge in [-0.25, -0.2) is 4.79 Å². The lowest BCUT2D eigenvalue weighted by molar-refractivity contribution is 0.0214. The Labute approximate surface area is 183 Å². The Bertz CT molecular complexity index is 500. The maximum absolute atomic E-state index is 12.4. The first kappa shape index (κ1) is 26.5. The lowest BCUT2D eigenvalue weighted by atomic mass is 9.96. The fourth-order valence-corrected chi connectivity index (χ4v) is 3.32. The number of rotatable bonds is 11. The third-order valence-electron chi connectivity index (χ3n) is 4.90. The van der Waals surface area contributed by atoms with Gasteiger partial charge in [-0.2, -0.15) is 0 Å². The maximum atomic E-state index is 12.4. The molecular weight excluding hydrogens is 384 g/mol. The summed E-state index contributed by atoms with van der Waals surface area (Å²) in [6, 6.07) is 0. The van der Waals surface area contributed by atoms with Crippen molar-refractivity contribution in [3.05, 3.63) is 0 Å². The summed E-state index contributed by atoms with van der Waals surface area (Å²) in [6.07, 6.45) is 2.78. The van der Waals surface area contributed by atoms with Crippen molar-refractivity contribution in [1.29, 1.82) is 0 Å². The molecule has 1 saturated heterocycles. The zero-order valence-electron chi connectivity index (χ0n) is 20.0. The van der Waals surface area contributed by atoms with E-state index in [1.807, 2.05) is 32.6 Å². The van der Waals surface area contributed by atoms with Crippen LogP contribution in [0.5, 0.6) is 0 Å². The molecule has 1 aliphatic heterocycles. The number of piperidine rings is 1. The monoisotopic (exact) mass is 428 g/mol. The van der Waals surface area contributed by atoms with Gasteiger partial charge in [0, 0.05) is 53.0 Å². The van der Waals surface area contributed by atoms with Crippen LogP contribution in [0.15, 0.2) is 4.99 Å². The molecule has 0 aromatic rings. The number of carbonyl (C=O) groups is 1. The number of hydrogen-bond acceptors (Lipinski definition) is 5. The number of hydrogen-bond donors (Lipinski definition) is 1. The number of ether oxygens (including phenoxy) is 3. The highest BCUT2D eigenvalue weighted by Crippen LogP contribution is 2.20. The van der Waals surface area contributed by atoms with Gasteiger partial charge >= 0.3 is 6.09 Å². The van der Waals surface area contributed by atoms with Crippen LogP contribution in [0, 0.1) is 5.92 Å². The SMILES string of the molecule is CCNC(=NCCCOCCOC)N1CCC(CN(CC)C(=O)OC(C)(C)C)CC1. The second-order valence-corrected chi connectivity index (χ2v) is 8.64. The third kappa shape index (κ3) is 11.0. The molecule has 0 atom stereocenters. The summed E-state index contributed by atoms with van der Waals surface area (Å²) in [5.41, 5.74) is -0.458. The van der Waals surface area contributed by atoms with Crippen molar-refractivity contribution in [1.82, 2.24) is 15.1 Å². The van der Waals surface area contributed by atoms with E-state index in [2.05, 4.69) is 17.1 Å². The van der Waals surface area contributed by atoms with Gasteiger partial charge in [0.15, 0.2) is 5.96 Å². The number of aliphatic imine (C=N–C) groups is 1. The van der Waals surface area contributed by atoms with Crippen LogP contribution in [0.2, 0.25) is 0 Å². The molecule has 0 aromatic carbocycles. The van der Waals surface area contributed by atoms with Crippen molar-refractivity contribution in [2.45, 2.75) is 59.5 Å². The molecule has 0 aromatic heterocycles. The molecule has 0 radical (unpaired) electrons. The summed E-state index contributed by atoms with van der Waals surface area (Å²) in [5, 5.41) is 3.40. The van der Waals surface area contributed by atoms with Gasteiger partial charge in [0.25, 0.3) is 0 Å². The first-order valence-electron chi connectivity index (χ1n) is 11.4. The van der Waals surface area contributed by atoms with Crippen LogP contribution in [-0.2, 0) is 14.2 Å². The fraction of sp³-hybridized carbons (Fsp3) is 0.909. The number of nitrogens with one attached hydrogen (secondary N) is 1. The van der Waals surface area contributed by atoms with E-state index in [4.69, 9.17) is 19.2 Å². The van der Waals surface area contributed by atoms with Gasteiger partial charge < -0.3 is 29.3 Å². The number of carbonyl (C=O) groups excluding carboxylic acids is 1. The standard InChI is InChI=1S/C22H44N4O4/c1-7-23-20(24-12-9-15-29-17-16-28-6)26-13-10-19(11-14-26)18-25(8-2)21(27)30-22(3,4)5/h19H,7-18H2,1-6H3,(H,23,24). The Morgan fingerprint density at radius 3 is 2.43 bits per heavy atom. The van der Waals surface area contributed by atoms with Crippen molar-refractivity contribution < 1.29 is 19.0 Å². The molecule has 0 bridgehead atoms. The Balaban J connectivity index is 2.44. The number of amides is 1. The number of likely N-dealkylation sites (tertiary alicyclic amines) is 1. The van der Waals surface area contributed by atoms with E-state index < -0.39 is 5.60 Å². The van der Waals surface area contributed by atoms with Crippen LogP contribution in [0.4, 0.5) is 4.79 Å². The minimum Gasteiger partial charge on any atom is -0.444 e. The molecule has 8 nitrogen and oxygen atoms in total. The minimum absolute atomic E-state index is 0.213. The van der Waals surface area contributed by atoms with Gasteiger partial charge in [-0.05, 0) is 59.8 Å². The molecule has 0 saturated carbocycles. The van der Waals surface area contributed by atoms with Crippen LogP contribution in [-0.4, -0.2) is 93.7 Å². The van der Waals surface area contributed by atoms with E-state index in [0.29, 0.717) is 32.3 Å². The summed E-state index contributed by atoms with van der Waals surface area (Å²) in [6.45, 7) is 16.7. The van der Waals surface area contributed by atoms with Crippen LogP contribution in [0.3, 0.4) is 0 Å². The van der Waals surface area contributed by atoms with E-state index >= 15 is 0 Å². The van der Waals surface area contributed by atoms with Gasteiger partial charge in [-0.15, -0.1) is 0 Å². The van der Waals surface area contributed by atoms with Crippen molar-refractivity contribution in [3.63, 3.8) is 0 Å². The van der Waals surface area contributed by atoms with Crippen LogP contribution in [0.25, 0.3) is 0 Å². The molecule has 0 aliphatic carbocycles. The van der Waals surface area contributed by atoms with Crippen molar-refractivity contribution in [2.75, 3.05) is 66.2 Å². The van der Waals surface area contributed by atoms with Gasteiger partial charge in [0.05, 0.1) is 13.2 Å². The minimum atomic E-state index is -0.458.